The zero-order chi connectivity index (χ0) is 8.27. The Labute approximate surface area is 62.9 Å². The molecule has 6 N–H and O–H groups in total. The monoisotopic (exact) mass is 155 g/mol. The summed E-state index contributed by atoms with van der Waals surface area (Å²) in [6.45, 7) is 0.239. The van der Waals surface area contributed by atoms with Gasteiger partial charge in [0.25, 0.3) is 5.91 Å². The number of hydrogen-bond acceptors (Lipinski definition) is 4. The number of hydrazine groups is 1. The van der Waals surface area contributed by atoms with Crippen LogP contribution in [0, 0.1) is 0 Å². The summed E-state index contributed by atoms with van der Waals surface area (Å²) in [7, 11) is 0. The van der Waals surface area contributed by atoms with Gasteiger partial charge in [-0.05, 0) is 0 Å². The minimum absolute atomic E-state index is 0.239. The van der Waals surface area contributed by atoms with Gasteiger partial charge in [0, 0.05) is 6.54 Å². The van der Waals surface area contributed by atoms with Gasteiger partial charge in [-0.15, -0.1) is 0 Å². The molecule has 0 fully saturated rings. The molecular formula is C5H9N5O. The molecule has 6 heteroatoms. The second kappa shape index (κ2) is 3.13. The zero-order valence-corrected chi connectivity index (χ0v) is 5.79. The fraction of sp³-hybridized carbons (Fsp3) is 0.200. The van der Waals surface area contributed by atoms with Gasteiger partial charge in [0.15, 0.2) is 0 Å². The van der Waals surface area contributed by atoms with E-state index in [0.29, 0.717) is 11.3 Å². The van der Waals surface area contributed by atoms with Crippen LogP contribution in [0.2, 0.25) is 0 Å². The molecule has 11 heavy (non-hydrogen) atoms. The summed E-state index contributed by atoms with van der Waals surface area (Å²) in [5, 5.41) is 6.22. The molecule has 0 aliphatic heterocycles. The number of aromatic nitrogens is 2. The summed E-state index contributed by atoms with van der Waals surface area (Å²) >= 11 is 0. The average molecular weight is 155 g/mol. The number of carbonyl (C=O) groups excluding carboxylic acids is 1. The van der Waals surface area contributed by atoms with E-state index in [1.807, 2.05) is 5.43 Å². The van der Waals surface area contributed by atoms with Gasteiger partial charge in [-0.3, -0.25) is 15.3 Å². The minimum Gasteiger partial charge on any atom is -0.325 e. The smallest absolute Gasteiger partial charge is 0.268 e. The number of aromatic amines is 1. The van der Waals surface area contributed by atoms with Crippen LogP contribution in [0.4, 0.5) is 0 Å². The van der Waals surface area contributed by atoms with Crippen LogP contribution in [-0.4, -0.2) is 16.1 Å². The van der Waals surface area contributed by atoms with E-state index < -0.39 is 0 Å². The van der Waals surface area contributed by atoms with Crippen LogP contribution >= 0.6 is 0 Å². The molecule has 0 spiro atoms. The summed E-state index contributed by atoms with van der Waals surface area (Å²) < 4.78 is 0. The van der Waals surface area contributed by atoms with Gasteiger partial charge >= 0.3 is 0 Å². The maximum atomic E-state index is 10.9. The van der Waals surface area contributed by atoms with Gasteiger partial charge in [-0.2, -0.15) is 5.10 Å². The summed E-state index contributed by atoms with van der Waals surface area (Å²) in [4.78, 5) is 10.9. The van der Waals surface area contributed by atoms with Crippen molar-refractivity contribution in [3.8, 4) is 0 Å². The quantitative estimate of drug-likeness (QED) is 0.236. The van der Waals surface area contributed by atoms with Gasteiger partial charge in [0.05, 0.1) is 17.5 Å². The number of nitrogens with one attached hydrogen (secondary N) is 2. The standard InChI is InChI=1S/C5H9N5O/c6-1-4-3(2-8-10-4)5(11)9-7/h2H,1,6-7H2,(H,8,10)(H,9,11). The summed E-state index contributed by atoms with van der Waals surface area (Å²) in [6, 6.07) is 0. The van der Waals surface area contributed by atoms with Gasteiger partial charge in [0.1, 0.15) is 0 Å². The fourth-order valence-electron chi connectivity index (χ4n) is 0.742. The maximum absolute atomic E-state index is 10.9. The van der Waals surface area contributed by atoms with E-state index in [1.165, 1.54) is 6.20 Å². The number of rotatable bonds is 2. The Balaban J connectivity index is 2.92. The third-order valence-electron chi connectivity index (χ3n) is 1.30. The van der Waals surface area contributed by atoms with E-state index in [4.69, 9.17) is 11.6 Å². The van der Waals surface area contributed by atoms with Crippen LogP contribution < -0.4 is 17.0 Å². The fourth-order valence-corrected chi connectivity index (χ4v) is 0.742. The van der Waals surface area contributed by atoms with E-state index >= 15 is 0 Å². The summed E-state index contributed by atoms with van der Waals surface area (Å²) in [5.74, 6) is 4.52. The first-order chi connectivity index (χ1) is 5.29. The Hall–Kier alpha value is -1.40. The lowest BCUT2D eigenvalue weighted by atomic mass is 10.2. The third kappa shape index (κ3) is 1.36. The van der Waals surface area contributed by atoms with Crippen LogP contribution in [0.3, 0.4) is 0 Å². The Bertz CT molecular complexity index is 255. The molecule has 60 valence electrons. The van der Waals surface area contributed by atoms with Gasteiger partial charge < -0.3 is 5.73 Å². The Morgan fingerprint density at radius 3 is 3.09 bits per heavy atom. The van der Waals surface area contributed by atoms with Gasteiger partial charge in [-0.25, -0.2) is 5.84 Å². The average Bonchev–Trinajstić information content (AvgIpc) is 2.50. The molecule has 0 radical (unpaired) electrons. The van der Waals surface area contributed by atoms with Crippen molar-refractivity contribution in [1.82, 2.24) is 15.6 Å². The second-order valence-electron chi connectivity index (χ2n) is 1.94. The first-order valence-electron chi connectivity index (χ1n) is 3.03. The predicted molar refractivity (Wildman–Crippen MR) is 38.1 cm³/mol. The highest BCUT2D eigenvalue weighted by Crippen LogP contribution is 2.01. The predicted octanol–water partition coefficient (Wildman–Crippen LogP) is -1.53. The zero-order valence-electron chi connectivity index (χ0n) is 5.79. The summed E-state index contributed by atoms with van der Waals surface area (Å²) in [6.07, 6.45) is 1.38. The molecule has 1 aromatic rings. The number of hydrogen-bond donors (Lipinski definition) is 4. The molecule has 0 aliphatic rings. The van der Waals surface area contributed by atoms with Crippen molar-refractivity contribution in [2.45, 2.75) is 6.54 Å². The van der Waals surface area contributed by atoms with E-state index in [-0.39, 0.29) is 12.5 Å². The van der Waals surface area contributed by atoms with Crippen LogP contribution in [-0.2, 0) is 6.54 Å². The molecule has 1 aromatic heterocycles. The van der Waals surface area contributed by atoms with Gasteiger partial charge in [-0.1, -0.05) is 0 Å². The van der Waals surface area contributed by atoms with Crippen molar-refractivity contribution in [3.63, 3.8) is 0 Å². The van der Waals surface area contributed by atoms with Crippen LogP contribution in [0.25, 0.3) is 0 Å². The maximum Gasteiger partial charge on any atom is 0.268 e. The first-order valence-corrected chi connectivity index (χ1v) is 3.03. The molecule has 0 aliphatic carbocycles. The number of nitrogens with two attached hydrogens (primary N) is 2. The van der Waals surface area contributed by atoms with E-state index in [1.54, 1.807) is 0 Å². The number of nitrogen functional groups attached to an aromatic ring is 1. The molecule has 0 unspecified atom stereocenters. The number of H-pyrrole nitrogens is 1. The first kappa shape index (κ1) is 7.70. The van der Waals surface area contributed by atoms with Crippen molar-refractivity contribution in [3.05, 3.63) is 17.5 Å². The van der Waals surface area contributed by atoms with E-state index in [0.717, 1.165) is 0 Å². The van der Waals surface area contributed by atoms with Crippen molar-refractivity contribution >= 4 is 5.91 Å². The molecule has 1 amide bonds. The topological polar surface area (TPSA) is 110 Å². The third-order valence-corrected chi connectivity index (χ3v) is 1.30. The van der Waals surface area contributed by atoms with Gasteiger partial charge in [0.2, 0.25) is 0 Å². The SMILES string of the molecule is NCc1[nH]ncc1C(=O)NN. The molecule has 0 saturated heterocycles. The molecule has 0 bridgehead atoms. The Morgan fingerprint density at radius 2 is 2.55 bits per heavy atom. The second-order valence-corrected chi connectivity index (χ2v) is 1.94. The number of amides is 1. The molecule has 1 heterocycles. The van der Waals surface area contributed by atoms with Crippen LogP contribution in [0.15, 0.2) is 6.20 Å². The normalized spacial score (nSPS) is 9.64. The highest BCUT2D eigenvalue weighted by molar-refractivity contribution is 5.94. The van der Waals surface area contributed by atoms with Crippen LogP contribution in [0.1, 0.15) is 16.1 Å². The lowest BCUT2D eigenvalue weighted by Crippen LogP contribution is -2.30. The van der Waals surface area contributed by atoms with Crippen molar-refractivity contribution in [1.29, 1.82) is 0 Å². The molecule has 6 nitrogen and oxygen atoms in total. The summed E-state index contributed by atoms with van der Waals surface area (Å²) in [5.41, 5.74) is 8.24. The molecule has 1 rings (SSSR count). The number of nitrogens with zero attached hydrogens (tertiary/aromatic N) is 1. The highest BCUT2D eigenvalue weighted by atomic mass is 16.2. The molecule has 0 atom stereocenters. The lowest BCUT2D eigenvalue weighted by Gasteiger charge is -1.96. The van der Waals surface area contributed by atoms with Crippen LogP contribution in [0.5, 0.6) is 0 Å². The minimum atomic E-state index is -0.390. The van der Waals surface area contributed by atoms with Crippen molar-refractivity contribution < 1.29 is 4.79 Å². The lowest BCUT2D eigenvalue weighted by molar-refractivity contribution is 0.0953. The number of carbonyl (C=O) groups is 1. The Morgan fingerprint density at radius 1 is 1.82 bits per heavy atom. The molecule has 0 aromatic carbocycles. The van der Waals surface area contributed by atoms with Crippen molar-refractivity contribution in [2.24, 2.45) is 11.6 Å². The Kier molecular flexibility index (Phi) is 2.19. The largest absolute Gasteiger partial charge is 0.325 e. The molecule has 0 saturated carbocycles. The van der Waals surface area contributed by atoms with Crippen molar-refractivity contribution in [2.75, 3.05) is 0 Å². The van der Waals surface area contributed by atoms with E-state index in [9.17, 15) is 4.79 Å². The highest BCUT2D eigenvalue weighted by Gasteiger charge is 2.09. The van der Waals surface area contributed by atoms with E-state index in [2.05, 4.69) is 10.2 Å². The molecular weight excluding hydrogens is 146 g/mol.